The molecule has 0 aliphatic rings. The first-order valence-electron chi connectivity index (χ1n) is 7.38. The fourth-order valence-corrected chi connectivity index (χ4v) is 2.22. The number of nitrogens with zero attached hydrogens (tertiary/aromatic N) is 1. The second-order valence-electron chi connectivity index (χ2n) is 5.64. The number of nitrogens with one attached hydrogen (secondary N) is 1. The topological polar surface area (TPSA) is 58.4 Å². The van der Waals surface area contributed by atoms with Crippen molar-refractivity contribution in [3.8, 4) is 0 Å². The van der Waals surface area contributed by atoms with Crippen LogP contribution >= 0.6 is 24.8 Å². The number of nitrogen functional groups attached to an aromatic ring is 1. The van der Waals surface area contributed by atoms with E-state index in [0.29, 0.717) is 5.69 Å². The number of amides is 1. The van der Waals surface area contributed by atoms with E-state index in [0.717, 1.165) is 17.8 Å². The quantitative estimate of drug-likeness (QED) is 0.786. The maximum Gasteiger partial charge on any atom is 0.241 e. The SMILES string of the molecule is Cc1ccc(N)cc1NC(=O)C(C)N(C)Cc1ccccc1.Cl.Cl. The molecule has 24 heavy (non-hydrogen) atoms. The summed E-state index contributed by atoms with van der Waals surface area (Å²) in [5, 5.41) is 2.96. The Morgan fingerprint density at radius 1 is 1.17 bits per heavy atom. The van der Waals surface area contributed by atoms with Gasteiger partial charge in [0, 0.05) is 17.9 Å². The minimum atomic E-state index is -0.235. The number of rotatable bonds is 5. The normalized spacial score (nSPS) is 11.2. The number of anilines is 2. The molecule has 6 heteroatoms. The molecule has 0 aliphatic carbocycles. The highest BCUT2D eigenvalue weighted by Crippen LogP contribution is 2.19. The predicted octanol–water partition coefficient (Wildman–Crippen LogP) is 3.88. The summed E-state index contributed by atoms with van der Waals surface area (Å²) in [7, 11) is 1.95. The molecule has 0 aliphatic heterocycles. The minimum Gasteiger partial charge on any atom is -0.399 e. The van der Waals surface area contributed by atoms with E-state index in [1.165, 1.54) is 5.56 Å². The molecule has 132 valence electrons. The molecule has 1 amide bonds. The maximum atomic E-state index is 12.4. The highest BCUT2D eigenvalue weighted by Gasteiger charge is 2.18. The average molecular weight is 370 g/mol. The van der Waals surface area contributed by atoms with Crippen LogP contribution in [0.5, 0.6) is 0 Å². The molecule has 0 radical (unpaired) electrons. The predicted molar refractivity (Wildman–Crippen MR) is 106 cm³/mol. The van der Waals surface area contributed by atoms with E-state index >= 15 is 0 Å². The third-order valence-electron chi connectivity index (χ3n) is 3.83. The molecule has 3 N–H and O–H groups in total. The molecule has 2 rings (SSSR count). The highest BCUT2D eigenvalue weighted by atomic mass is 35.5. The largest absolute Gasteiger partial charge is 0.399 e. The van der Waals surface area contributed by atoms with Gasteiger partial charge in [-0.25, -0.2) is 0 Å². The van der Waals surface area contributed by atoms with Crippen LogP contribution in [-0.4, -0.2) is 23.9 Å². The van der Waals surface area contributed by atoms with Crippen molar-refractivity contribution in [3.05, 3.63) is 59.7 Å². The summed E-state index contributed by atoms with van der Waals surface area (Å²) in [6.07, 6.45) is 0. The van der Waals surface area contributed by atoms with E-state index in [1.54, 1.807) is 6.07 Å². The number of hydrogen-bond donors (Lipinski definition) is 2. The Hall–Kier alpha value is -1.75. The third kappa shape index (κ3) is 6.04. The molecule has 2 aromatic rings. The molecule has 2 aromatic carbocycles. The first-order valence-corrected chi connectivity index (χ1v) is 7.38. The number of benzene rings is 2. The number of nitrogens with two attached hydrogens (primary N) is 1. The summed E-state index contributed by atoms with van der Waals surface area (Å²) in [6, 6.07) is 15.4. The standard InChI is InChI=1S/C18H23N3O.2ClH/c1-13-9-10-16(19)11-17(13)20-18(22)14(2)21(3)12-15-7-5-4-6-8-15;;/h4-11,14H,12,19H2,1-3H3,(H,20,22);2*1H. The van der Waals surface area contributed by atoms with Crippen molar-refractivity contribution in [3.63, 3.8) is 0 Å². The van der Waals surface area contributed by atoms with Gasteiger partial charge >= 0.3 is 0 Å². The van der Waals surface area contributed by atoms with Gasteiger partial charge < -0.3 is 11.1 Å². The van der Waals surface area contributed by atoms with E-state index in [4.69, 9.17) is 5.73 Å². The number of aryl methyl sites for hydroxylation is 1. The Balaban J connectivity index is 0.00000264. The molecule has 4 nitrogen and oxygen atoms in total. The van der Waals surface area contributed by atoms with Gasteiger partial charge in [-0.15, -0.1) is 24.8 Å². The average Bonchev–Trinajstić information content (AvgIpc) is 2.51. The molecule has 0 saturated carbocycles. The Kier molecular flexibility index (Phi) is 9.44. The van der Waals surface area contributed by atoms with Crippen LogP contribution in [0.15, 0.2) is 48.5 Å². The fraction of sp³-hybridized carbons (Fsp3) is 0.278. The van der Waals surface area contributed by atoms with Crippen LogP contribution in [-0.2, 0) is 11.3 Å². The third-order valence-corrected chi connectivity index (χ3v) is 3.83. The summed E-state index contributed by atoms with van der Waals surface area (Å²) in [5.41, 5.74) is 9.38. The molecule has 1 unspecified atom stereocenters. The van der Waals surface area contributed by atoms with Crippen LogP contribution in [0.3, 0.4) is 0 Å². The maximum absolute atomic E-state index is 12.4. The smallest absolute Gasteiger partial charge is 0.241 e. The first kappa shape index (κ1) is 22.2. The van der Waals surface area contributed by atoms with Gasteiger partial charge in [0.1, 0.15) is 0 Å². The minimum absolute atomic E-state index is 0. The lowest BCUT2D eigenvalue weighted by Gasteiger charge is -2.24. The van der Waals surface area contributed by atoms with Crippen molar-refractivity contribution in [1.82, 2.24) is 4.90 Å². The number of hydrogen-bond acceptors (Lipinski definition) is 3. The van der Waals surface area contributed by atoms with E-state index in [2.05, 4.69) is 17.4 Å². The number of carbonyl (C=O) groups is 1. The van der Waals surface area contributed by atoms with E-state index in [1.807, 2.05) is 56.1 Å². The van der Waals surface area contributed by atoms with E-state index in [-0.39, 0.29) is 36.8 Å². The van der Waals surface area contributed by atoms with Crippen molar-refractivity contribution < 1.29 is 4.79 Å². The van der Waals surface area contributed by atoms with Crippen LogP contribution in [0.4, 0.5) is 11.4 Å². The zero-order valence-corrected chi connectivity index (χ0v) is 15.8. The molecule has 0 heterocycles. The Morgan fingerprint density at radius 2 is 1.79 bits per heavy atom. The van der Waals surface area contributed by atoms with Gasteiger partial charge in [0.15, 0.2) is 0 Å². The molecule has 0 spiro atoms. The lowest BCUT2D eigenvalue weighted by atomic mass is 10.1. The van der Waals surface area contributed by atoms with Gasteiger partial charge in [-0.1, -0.05) is 36.4 Å². The van der Waals surface area contributed by atoms with Crippen LogP contribution in [0.1, 0.15) is 18.1 Å². The summed E-state index contributed by atoms with van der Waals surface area (Å²) in [5.74, 6) is -0.0351. The Labute approximate surface area is 156 Å². The summed E-state index contributed by atoms with van der Waals surface area (Å²) in [4.78, 5) is 14.4. The van der Waals surface area contributed by atoms with Crippen molar-refractivity contribution in [1.29, 1.82) is 0 Å². The molecule has 0 bridgehead atoms. The first-order chi connectivity index (χ1) is 10.5. The van der Waals surface area contributed by atoms with Gasteiger partial charge in [-0.2, -0.15) is 0 Å². The van der Waals surface area contributed by atoms with Gasteiger partial charge in [-0.3, -0.25) is 9.69 Å². The van der Waals surface area contributed by atoms with Crippen LogP contribution in [0.2, 0.25) is 0 Å². The van der Waals surface area contributed by atoms with Crippen molar-refractivity contribution >= 4 is 42.1 Å². The van der Waals surface area contributed by atoms with Gasteiger partial charge in [0.25, 0.3) is 0 Å². The van der Waals surface area contributed by atoms with Crippen LogP contribution in [0.25, 0.3) is 0 Å². The highest BCUT2D eigenvalue weighted by molar-refractivity contribution is 5.95. The summed E-state index contributed by atoms with van der Waals surface area (Å²) in [6.45, 7) is 4.58. The van der Waals surface area contributed by atoms with Gasteiger partial charge in [-0.05, 0) is 44.2 Å². The fourth-order valence-electron chi connectivity index (χ4n) is 2.22. The van der Waals surface area contributed by atoms with Gasteiger partial charge in [0.2, 0.25) is 5.91 Å². The number of likely N-dealkylation sites (N-methyl/N-ethyl adjacent to an activating group) is 1. The second-order valence-corrected chi connectivity index (χ2v) is 5.64. The summed E-state index contributed by atoms with van der Waals surface area (Å²) < 4.78 is 0. The van der Waals surface area contributed by atoms with E-state index in [9.17, 15) is 4.79 Å². The second kappa shape index (κ2) is 10.2. The van der Waals surface area contributed by atoms with Crippen LogP contribution < -0.4 is 11.1 Å². The Morgan fingerprint density at radius 3 is 2.42 bits per heavy atom. The monoisotopic (exact) mass is 369 g/mol. The number of halogens is 2. The van der Waals surface area contributed by atoms with Crippen molar-refractivity contribution in [2.45, 2.75) is 26.4 Å². The van der Waals surface area contributed by atoms with Crippen molar-refractivity contribution in [2.75, 3.05) is 18.1 Å². The van der Waals surface area contributed by atoms with Crippen LogP contribution in [0, 0.1) is 6.92 Å². The van der Waals surface area contributed by atoms with Crippen molar-refractivity contribution in [2.24, 2.45) is 0 Å². The molecule has 0 aromatic heterocycles. The summed E-state index contributed by atoms with van der Waals surface area (Å²) >= 11 is 0. The molecular weight excluding hydrogens is 345 g/mol. The molecular formula is C18H25Cl2N3O. The lowest BCUT2D eigenvalue weighted by Crippen LogP contribution is -2.39. The lowest BCUT2D eigenvalue weighted by molar-refractivity contribution is -0.120. The van der Waals surface area contributed by atoms with E-state index < -0.39 is 0 Å². The zero-order valence-electron chi connectivity index (χ0n) is 14.2. The molecule has 0 saturated heterocycles. The molecule has 0 fully saturated rings. The Bertz CT molecular complexity index is 650. The zero-order chi connectivity index (χ0) is 16.1. The number of carbonyl (C=O) groups excluding carboxylic acids is 1. The van der Waals surface area contributed by atoms with Gasteiger partial charge in [0.05, 0.1) is 6.04 Å². The molecule has 1 atom stereocenters.